The third kappa shape index (κ3) is 5.66. The van der Waals surface area contributed by atoms with Crippen molar-refractivity contribution in [3.8, 4) is 0 Å². The number of carbonyl (C=O) groups excluding carboxylic acids is 1. The molecule has 2 heterocycles. The Morgan fingerprint density at radius 3 is 2.62 bits per heavy atom. The number of anilines is 2. The van der Waals surface area contributed by atoms with Crippen LogP contribution in [-0.2, 0) is 16.1 Å². The maximum absolute atomic E-state index is 12.1. The standard InChI is InChI=1S/C16H22N6O2.C2H6/c1-4-5-12(18-3)15(23)19-10-13-11(2)14(17)21-16(20-13)22-6-8-24-9-7-22;1-2/h4-5H,1,3,6-10H2,2H3,(H,19,23)(H2,17,20,21);1-2H3/b12-5-;. The molecule has 26 heavy (non-hydrogen) atoms. The normalized spacial score (nSPS) is 14.1. The largest absolute Gasteiger partial charge is 0.383 e. The zero-order chi connectivity index (χ0) is 19.5. The van der Waals surface area contributed by atoms with Gasteiger partial charge >= 0.3 is 0 Å². The van der Waals surface area contributed by atoms with E-state index in [1.54, 1.807) is 0 Å². The molecule has 8 heteroatoms. The molecule has 1 aromatic heterocycles. The Morgan fingerprint density at radius 2 is 2.04 bits per heavy atom. The van der Waals surface area contributed by atoms with E-state index in [1.807, 2.05) is 25.7 Å². The lowest BCUT2D eigenvalue weighted by Gasteiger charge is -2.27. The molecule has 1 aliphatic rings. The summed E-state index contributed by atoms with van der Waals surface area (Å²) in [6, 6.07) is 0. The first-order valence-corrected chi connectivity index (χ1v) is 8.60. The number of nitrogens with zero attached hydrogens (tertiary/aromatic N) is 4. The van der Waals surface area contributed by atoms with Gasteiger partial charge in [0.2, 0.25) is 5.95 Å². The molecule has 3 N–H and O–H groups in total. The van der Waals surface area contributed by atoms with Crippen LogP contribution in [-0.4, -0.2) is 48.9 Å². The number of aliphatic imine (C=N–C) groups is 1. The van der Waals surface area contributed by atoms with Crippen LogP contribution in [0.25, 0.3) is 0 Å². The van der Waals surface area contributed by atoms with Crippen LogP contribution in [0.15, 0.2) is 29.4 Å². The number of aromatic nitrogens is 2. The van der Waals surface area contributed by atoms with E-state index >= 15 is 0 Å². The molecule has 2 rings (SSSR count). The minimum absolute atomic E-state index is 0.193. The molecule has 0 aromatic carbocycles. The molecule has 0 aliphatic carbocycles. The summed E-state index contributed by atoms with van der Waals surface area (Å²) in [7, 11) is 0. The van der Waals surface area contributed by atoms with E-state index in [0.717, 1.165) is 5.56 Å². The van der Waals surface area contributed by atoms with E-state index in [0.29, 0.717) is 43.8 Å². The van der Waals surface area contributed by atoms with Crippen LogP contribution in [0, 0.1) is 6.92 Å². The van der Waals surface area contributed by atoms with Crippen molar-refractivity contribution in [3.05, 3.63) is 35.7 Å². The number of carbonyl (C=O) groups is 1. The second-order valence-electron chi connectivity index (χ2n) is 5.21. The topological polar surface area (TPSA) is 106 Å². The van der Waals surface area contributed by atoms with Crippen LogP contribution in [0.1, 0.15) is 25.1 Å². The van der Waals surface area contributed by atoms with Crippen LogP contribution >= 0.6 is 0 Å². The highest BCUT2D eigenvalue weighted by atomic mass is 16.5. The molecule has 142 valence electrons. The summed E-state index contributed by atoms with van der Waals surface area (Å²) >= 11 is 0. The van der Waals surface area contributed by atoms with Crippen molar-refractivity contribution in [2.24, 2.45) is 4.99 Å². The van der Waals surface area contributed by atoms with E-state index in [9.17, 15) is 4.79 Å². The van der Waals surface area contributed by atoms with Crippen molar-refractivity contribution in [3.63, 3.8) is 0 Å². The van der Waals surface area contributed by atoms with Gasteiger partial charge in [-0.15, -0.1) is 0 Å². The Labute approximate surface area is 154 Å². The van der Waals surface area contributed by atoms with Crippen molar-refractivity contribution in [2.45, 2.75) is 27.3 Å². The Bertz CT molecular complexity index is 666. The molecule has 1 saturated heterocycles. The Kier molecular flexibility index (Phi) is 9.00. The van der Waals surface area contributed by atoms with Crippen molar-refractivity contribution in [1.82, 2.24) is 15.3 Å². The predicted molar refractivity (Wildman–Crippen MR) is 105 cm³/mol. The SMILES string of the molecule is C=C/C=C(\N=C)C(=O)NCc1nc(N2CCOCC2)nc(N)c1C.CC. The van der Waals surface area contributed by atoms with Crippen molar-refractivity contribution in [1.29, 1.82) is 0 Å². The molecular weight excluding hydrogens is 332 g/mol. The summed E-state index contributed by atoms with van der Waals surface area (Å²) in [4.78, 5) is 26.6. The quantitative estimate of drug-likeness (QED) is 0.454. The fraction of sp³-hybridized carbons (Fsp3) is 0.444. The van der Waals surface area contributed by atoms with Gasteiger partial charge in [-0.25, -0.2) is 4.98 Å². The van der Waals surface area contributed by atoms with E-state index in [-0.39, 0.29) is 18.1 Å². The molecular formula is C18H28N6O2. The number of allylic oxidation sites excluding steroid dienone is 2. The highest BCUT2D eigenvalue weighted by Gasteiger charge is 2.17. The molecule has 1 amide bonds. The van der Waals surface area contributed by atoms with Gasteiger partial charge in [0.1, 0.15) is 11.5 Å². The minimum atomic E-state index is -0.352. The Hall–Kier alpha value is -2.74. The molecule has 1 aliphatic heterocycles. The van der Waals surface area contributed by atoms with Crippen LogP contribution in [0.2, 0.25) is 0 Å². The molecule has 0 radical (unpaired) electrons. The molecule has 0 atom stereocenters. The average Bonchev–Trinajstić information content (AvgIpc) is 2.69. The van der Waals surface area contributed by atoms with Crippen LogP contribution in [0.3, 0.4) is 0 Å². The number of hydrogen-bond donors (Lipinski definition) is 2. The molecule has 0 unspecified atom stereocenters. The van der Waals surface area contributed by atoms with Gasteiger partial charge in [0, 0.05) is 18.7 Å². The van der Waals surface area contributed by atoms with E-state index < -0.39 is 0 Å². The molecule has 0 bridgehead atoms. The second kappa shape index (κ2) is 11.0. The van der Waals surface area contributed by atoms with Crippen LogP contribution < -0.4 is 16.0 Å². The first-order chi connectivity index (χ1) is 12.6. The number of amides is 1. The minimum Gasteiger partial charge on any atom is -0.383 e. The average molecular weight is 360 g/mol. The van der Waals surface area contributed by atoms with Gasteiger partial charge in [-0.1, -0.05) is 26.5 Å². The third-order valence-electron chi connectivity index (χ3n) is 3.66. The van der Waals surface area contributed by atoms with Gasteiger partial charge in [0.15, 0.2) is 0 Å². The van der Waals surface area contributed by atoms with Gasteiger partial charge in [0.05, 0.1) is 25.5 Å². The predicted octanol–water partition coefficient (Wildman–Crippen LogP) is 1.62. The zero-order valence-electron chi connectivity index (χ0n) is 15.8. The number of nitrogens with two attached hydrogens (primary N) is 1. The number of rotatable bonds is 6. The maximum Gasteiger partial charge on any atom is 0.270 e. The first-order valence-electron chi connectivity index (χ1n) is 8.60. The molecule has 1 aromatic rings. The molecule has 1 fully saturated rings. The second-order valence-corrected chi connectivity index (χ2v) is 5.21. The summed E-state index contributed by atoms with van der Waals surface area (Å²) in [5.74, 6) is 0.600. The summed E-state index contributed by atoms with van der Waals surface area (Å²) in [5, 5.41) is 2.76. The van der Waals surface area contributed by atoms with Crippen molar-refractivity contribution in [2.75, 3.05) is 36.9 Å². The van der Waals surface area contributed by atoms with Gasteiger partial charge in [-0.05, 0) is 19.7 Å². The summed E-state index contributed by atoms with van der Waals surface area (Å²) in [6.45, 7) is 15.6. The number of hydrogen-bond acceptors (Lipinski definition) is 7. The number of nitrogen functional groups attached to an aromatic ring is 1. The van der Waals surface area contributed by atoms with E-state index in [2.05, 4.69) is 33.6 Å². The number of ether oxygens (including phenoxy) is 1. The fourth-order valence-electron chi connectivity index (χ4n) is 2.21. The maximum atomic E-state index is 12.1. The lowest BCUT2D eigenvalue weighted by molar-refractivity contribution is -0.117. The van der Waals surface area contributed by atoms with Crippen LogP contribution in [0.4, 0.5) is 11.8 Å². The smallest absolute Gasteiger partial charge is 0.270 e. The van der Waals surface area contributed by atoms with Crippen molar-refractivity contribution < 1.29 is 9.53 Å². The summed E-state index contributed by atoms with van der Waals surface area (Å²) in [6.07, 6.45) is 2.97. The molecule has 0 saturated carbocycles. The van der Waals surface area contributed by atoms with E-state index in [4.69, 9.17) is 10.5 Å². The molecule has 8 nitrogen and oxygen atoms in total. The Balaban J connectivity index is 0.00000163. The van der Waals surface area contributed by atoms with Gasteiger partial charge in [-0.2, -0.15) is 4.98 Å². The van der Waals surface area contributed by atoms with Gasteiger partial charge < -0.3 is 20.7 Å². The fourth-order valence-corrected chi connectivity index (χ4v) is 2.21. The third-order valence-corrected chi connectivity index (χ3v) is 3.66. The lowest BCUT2D eigenvalue weighted by Crippen LogP contribution is -2.38. The number of morpholine rings is 1. The number of nitrogens with one attached hydrogen (secondary N) is 1. The van der Waals surface area contributed by atoms with E-state index in [1.165, 1.54) is 12.2 Å². The van der Waals surface area contributed by atoms with Crippen molar-refractivity contribution >= 4 is 24.4 Å². The van der Waals surface area contributed by atoms with Gasteiger partial charge in [0.25, 0.3) is 5.91 Å². The Morgan fingerprint density at radius 1 is 1.38 bits per heavy atom. The highest BCUT2D eigenvalue weighted by molar-refractivity contribution is 5.93. The highest BCUT2D eigenvalue weighted by Crippen LogP contribution is 2.18. The lowest BCUT2D eigenvalue weighted by atomic mass is 10.2. The first kappa shape index (κ1) is 21.3. The van der Waals surface area contributed by atoms with Crippen LogP contribution in [0.5, 0.6) is 0 Å². The monoisotopic (exact) mass is 360 g/mol. The van der Waals surface area contributed by atoms with Gasteiger partial charge in [-0.3, -0.25) is 9.79 Å². The molecule has 0 spiro atoms. The summed E-state index contributed by atoms with van der Waals surface area (Å²) in [5.41, 5.74) is 7.60. The zero-order valence-corrected chi connectivity index (χ0v) is 15.8. The summed E-state index contributed by atoms with van der Waals surface area (Å²) < 4.78 is 5.33.